The number of hydrogen-bond acceptors (Lipinski definition) is 4. The van der Waals surface area contributed by atoms with Crippen molar-refractivity contribution in [1.29, 1.82) is 0 Å². The molecule has 4 nitrogen and oxygen atoms in total. The Kier molecular flexibility index (Phi) is 4.59. The summed E-state index contributed by atoms with van der Waals surface area (Å²) in [4.78, 5) is 9.66. The van der Waals surface area contributed by atoms with Gasteiger partial charge in [0.25, 0.3) is 0 Å². The topological polar surface area (TPSA) is 41.0 Å². The average molecular weight is 336 g/mol. The fraction of sp³-hybridized carbons (Fsp3) is 0.412. The summed E-state index contributed by atoms with van der Waals surface area (Å²) in [5.41, 5.74) is 1.57. The molecule has 2 heterocycles. The molecule has 1 N–H and O–H groups in total. The number of nitrogens with one attached hydrogen (secondary N) is 1. The van der Waals surface area contributed by atoms with Crippen molar-refractivity contribution in [3.63, 3.8) is 0 Å². The van der Waals surface area contributed by atoms with Gasteiger partial charge in [-0.25, -0.2) is 9.97 Å². The van der Waals surface area contributed by atoms with E-state index in [2.05, 4.69) is 39.2 Å². The summed E-state index contributed by atoms with van der Waals surface area (Å²) in [5.74, 6) is 0.00257. The Bertz CT molecular complexity index is 702. The van der Waals surface area contributed by atoms with E-state index in [9.17, 15) is 13.2 Å². The molecule has 7 heteroatoms. The molecular formula is C17H19F3N4. The third-order valence-electron chi connectivity index (χ3n) is 4.25. The third-order valence-corrected chi connectivity index (χ3v) is 4.25. The van der Waals surface area contributed by atoms with Gasteiger partial charge in [-0.05, 0) is 37.5 Å². The van der Waals surface area contributed by atoms with E-state index < -0.39 is 11.9 Å². The number of nitrogens with zero attached hydrogens (tertiary/aromatic N) is 3. The maximum Gasteiger partial charge on any atom is 0.433 e. The van der Waals surface area contributed by atoms with E-state index in [1.807, 2.05) is 12.1 Å². The number of aryl methyl sites for hydroxylation is 1. The van der Waals surface area contributed by atoms with Crippen LogP contribution in [0.1, 0.15) is 24.6 Å². The molecule has 0 bridgehead atoms. The Balaban J connectivity index is 1.65. The van der Waals surface area contributed by atoms with Crippen LogP contribution in [0.4, 0.5) is 24.8 Å². The van der Waals surface area contributed by atoms with E-state index in [1.165, 1.54) is 11.3 Å². The first-order valence-corrected chi connectivity index (χ1v) is 7.94. The second-order valence-corrected chi connectivity index (χ2v) is 5.90. The van der Waals surface area contributed by atoms with Gasteiger partial charge in [0.15, 0.2) is 0 Å². The van der Waals surface area contributed by atoms with Gasteiger partial charge in [0.1, 0.15) is 5.69 Å². The molecule has 0 radical (unpaired) electrons. The molecule has 1 atom stereocenters. The smallest absolute Gasteiger partial charge is 0.367 e. The maximum atomic E-state index is 12.7. The van der Waals surface area contributed by atoms with Crippen molar-refractivity contribution < 1.29 is 13.2 Å². The fourth-order valence-electron chi connectivity index (χ4n) is 2.99. The zero-order valence-electron chi connectivity index (χ0n) is 13.3. The minimum absolute atomic E-state index is 0.00257. The van der Waals surface area contributed by atoms with Crippen molar-refractivity contribution in [1.82, 2.24) is 9.97 Å². The van der Waals surface area contributed by atoms with Crippen LogP contribution in [-0.2, 0) is 12.6 Å². The van der Waals surface area contributed by atoms with Gasteiger partial charge in [0, 0.05) is 31.0 Å². The van der Waals surface area contributed by atoms with Crippen LogP contribution in [-0.4, -0.2) is 29.1 Å². The Hall–Kier alpha value is -2.31. The molecule has 1 aromatic carbocycles. The first-order chi connectivity index (χ1) is 11.4. The summed E-state index contributed by atoms with van der Waals surface area (Å²) in [5, 5.41) is 2.89. The maximum absolute atomic E-state index is 12.7. The van der Waals surface area contributed by atoms with Gasteiger partial charge in [-0.2, -0.15) is 13.2 Å². The Morgan fingerprint density at radius 3 is 2.83 bits per heavy atom. The van der Waals surface area contributed by atoms with E-state index >= 15 is 0 Å². The molecule has 128 valence electrons. The van der Waals surface area contributed by atoms with E-state index in [0.717, 1.165) is 25.1 Å². The summed E-state index contributed by atoms with van der Waals surface area (Å²) in [6.07, 6.45) is -1.22. The van der Waals surface area contributed by atoms with Crippen molar-refractivity contribution in [3.05, 3.63) is 47.8 Å². The van der Waals surface area contributed by atoms with Crippen LogP contribution in [0.25, 0.3) is 0 Å². The van der Waals surface area contributed by atoms with Gasteiger partial charge in [-0.1, -0.05) is 18.2 Å². The Morgan fingerprint density at radius 2 is 2.04 bits per heavy atom. The number of anilines is 2. The molecule has 0 spiro atoms. The molecule has 0 saturated carbocycles. The average Bonchev–Trinajstić information content (AvgIpc) is 2.56. The summed E-state index contributed by atoms with van der Waals surface area (Å²) in [7, 11) is 0. The highest BCUT2D eigenvalue weighted by molar-refractivity contribution is 5.56. The minimum atomic E-state index is -4.46. The molecule has 0 amide bonds. The highest BCUT2D eigenvalue weighted by atomic mass is 19.4. The lowest BCUT2D eigenvalue weighted by Crippen LogP contribution is -2.40. The van der Waals surface area contributed by atoms with Crippen LogP contribution in [0.5, 0.6) is 0 Å². The summed E-state index contributed by atoms with van der Waals surface area (Å²) < 4.78 is 38.0. The second-order valence-electron chi connectivity index (χ2n) is 5.90. The normalized spacial score (nSPS) is 17.5. The lowest BCUT2D eigenvalue weighted by atomic mass is 9.97. The summed E-state index contributed by atoms with van der Waals surface area (Å²) in [6, 6.07) is 9.51. The van der Waals surface area contributed by atoms with Crippen LogP contribution in [0.3, 0.4) is 0 Å². The van der Waals surface area contributed by atoms with E-state index in [1.54, 1.807) is 0 Å². The van der Waals surface area contributed by atoms with Crippen LogP contribution in [0, 0.1) is 0 Å². The number of rotatable bonds is 4. The third kappa shape index (κ3) is 3.60. The molecule has 1 aliphatic rings. The molecule has 3 rings (SSSR count). The molecule has 0 saturated heterocycles. The quantitative estimate of drug-likeness (QED) is 0.923. The van der Waals surface area contributed by atoms with Gasteiger partial charge in [-0.15, -0.1) is 0 Å². The number of para-hydroxylation sites is 1. The van der Waals surface area contributed by atoms with Crippen LogP contribution in [0.15, 0.2) is 36.5 Å². The van der Waals surface area contributed by atoms with Crippen LogP contribution < -0.4 is 10.2 Å². The first-order valence-electron chi connectivity index (χ1n) is 7.94. The zero-order valence-corrected chi connectivity index (χ0v) is 13.3. The number of hydrogen-bond donors (Lipinski definition) is 1. The monoisotopic (exact) mass is 336 g/mol. The Labute approximate surface area is 138 Å². The summed E-state index contributed by atoms with van der Waals surface area (Å²) >= 11 is 0. The lowest BCUT2D eigenvalue weighted by molar-refractivity contribution is -0.141. The van der Waals surface area contributed by atoms with Crippen LogP contribution in [0.2, 0.25) is 0 Å². The van der Waals surface area contributed by atoms with Crippen molar-refractivity contribution in [3.8, 4) is 0 Å². The fourth-order valence-corrected chi connectivity index (χ4v) is 2.99. The van der Waals surface area contributed by atoms with Crippen molar-refractivity contribution in [2.45, 2.75) is 32.0 Å². The first kappa shape index (κ1) is 16.5. The van der Waals surface area contributed by atoms with Gasteiger partial charge in [-0.3, -0.25) is 0 Å². The highest BCUT2D eigenvalue weighted by Gasteiger charge is 2.32. The van der Waals surface area contributed by atoms with Crippen molar-refractivity contribution in [2.24, 2.45) is 0 Å². The van der Waals surface area contributed by atoms with Crippen molar-refractivity contribution >= 4 is 11.6 Å². The number of aromatic nitrogens is 2. The van der Waals surface area contributed by atoms with Crippen molar-refractivity contribution in [2.75, 3.05) is 23.3 Å². The summed E-state index contributed by atoms with van der Waals surface area (Å²) in [6.45, 7) is 3.31. The van der Waals surface area contributed by atoms with Gasteiger partial charge >= 0.3 is 6.18 Å². The molecule has 24 heavy (non-hydrogen) atoms. The van der Waals surface area contributed by atoms with Gasteiger partial charge in [0.2, 0.25) is 5.95 Å². The zero-order chi connectivity index (χ0) is 17.2. The molecule has 2 aromatic rings. The highest BCUT2D eigenvalue weighted by Crippen LogP contribution is 2.30. The van der Waals surface area contributed by atoms with E-state index in [0.29, 0.717) is 19.1 Å². The molecule has 0 unspecified atom stereocenters. The number of benzene rings is 1. The second kappa shape index (κ2) is 6.67. The number of alkyl halides is 3. The standard InChI is InChI=1S/C17H19F3N4/c1-12-6-7-13-4-2-3-5-14(13)24(12)11-10-22-16-21-9-8-15(23-16)17(18,19)20/h2-5,8-9,12H,6-7,10-11H2,1H3,(H,21,22,23)/t12-/m0/s1. The van der Waals surface area contributed by atoms with Gasteiger partial charge < -0.3 is 10.2 Å². The predicted molar refractivity (Wildman–Crippen MR) is 87.1 cm³/mol. The minimum Gasteiger partial charge on any atom is -0.367 e. The lowest BCUT2D eigenvalue weighted by Gasteiger charge is -2.37. The Morgan fingerprint density at radius 1 is 1.25 bits per heavy atom. The molecule has 1 aromatic heterocycles. The largest absolute Gasteiger partial charge is 0.433 e. The van der Waals surface area contributed by atoms with Crippen LogP contribution >= 0.6 is 0 Å². The molecule has 1 aliphatic heterocycles. The molecule has 0 aliphatic carbocycles. The molecule has 0 fully saturated rings. The van der Waals surface area contributed by atoms with Gasteiger partial charge in [0.05, 0.1) is 0 Å². The predicted octanol–water partition coefficient (Wildman–Crippen LogP) is 3.75. The van der Waals surface area contributed by atoms with E-state index in [4.69, 9.17) is 0 Å². The number of fused-ring (bicyclic) bond motifs is 1. The SMILES string of the molecule is C[C@H]1CCc2ccccc2N1CCNc1nccc(C(F)(F)F)n1. The molecular weight excluding hydrogens is 317 g/mol. The number of halogens is 3. The van der Waals surface area contributed by atoms with E-state index in [-0.39, 0.29) is 5.95 Å².